The second kappa shape index (κ2) is 7.26. The summed E-state index contributed by atoms with van der Waals surface area (Å²) in [5.41, 5.74) is 2.84. The van der Waals surface area contributed by atoms with Crippen molar-refractivity contribution in [3.63, 3.8) is 0 Å². The predicted molar refractivity (Wildman–Crippen MR) is 101 cm³/mol. The summed E-state index contributed by atoms with van der Waals surface area (Å²) in [6.45, 7) is 4.66. The Morgan fingerprint density at radius 2 is 1.92 bits per heavy atom. The molecule has 0 fully saturated rings. The van der Waals surface area contributed by atoms with Crippen molar-refractivity contribution in [3.05, 3.63) is 78.5 Å². The Hall–Kier alpha value is -3.01. The number of fused-ring (bicyclic) bond motifs is 1. The number of aromatic nitrogens is 1. The zero-order chi connectivity index (χ0) is 17.8. The lowest BCUT2D eigenvalue weighted by atomic mass is 10.1. The van der Waals surface area contributed by atoms with Crippen LogP contribution in [-0.4, -0.2) is 29.0 Å². The molecule has 1 aromatic heterocycles. The third-order valence-electron chi connectivity index (χ3n) is 4.19. The van der Waals surface area contributed by atoms with Crippen molar-refractivity contribution in [3.8, 4) is 5.75 Å². The van der Waals surface area contributed by atoms with Crippen molar-refractivity contribution < 1.29 is 9.53 Å². The van der Waals surface area contributed by atoms with Crippen LogP contribution in [0.4, 0.5) is 0 Å². The van der Waals surface area contributed by atoms with E-state index in [1.165, 1.54) is 0 Å². The molecular weight excluding hydrogens is 312 g/mol. The van der Waals surface area contributed by atoms with Gasteiger partial charge < -0.3 is 14.2 Å². The van der Waals surface area contributed by atoms with Crippen LogP contribution in [0.15, 0.2) is 67.4 Å². The van der Waals surface area contributed by atoms with Crippen molar-refractivity contribution in [1.82, 2.24) is 9.47 Å². The Labute approximate surface area is 147 Å². The Morgan fingerprint density at radius 3 is 2.64 bits per heavy atom. The Bertz CT molecular complexity index is 894. The maximum Gasteiger partial charge on any atom is 0.256 e. The molecule has 0 radical (unpaired) electrons. The van der Waals surface area contributed by atoms with Gasteiger partial charge in [0.2, 0.25) is 0 Å². The van der Waals surface area contributed by atoms with E-state index >= 15 is 0 Å². The van der Waals surface area contributed by atoms with Gasteiger partial charge in [-0.2, -0.15) is 0 Å². The normalized spacial score (nSPS) is 10.6. The fraction of sp³-hybridized carbons (Fsp3) is 0.190. The van der Waals surface area contributed by atoms with Crippen molar-refractivity contribution in [2.45, 2.75) is 6.54 Å². The number of benzene rings is 2. The average Bonchev–Trinajstić information content (AvgIpc) is 2.97. The van der Waals surface area contributed by atoms with Gasteiger partial charge in [-0.25, -0.2) is 0 Å². The van der Waals surface area contributed by atoms with E-state index in [-0.39, 0.29) is 5.91 Å². The average molecular weight is 334 g/mol. The van der Waals surface area contributed by atoms with Gasteiger partial charge >= 0.3 is 0 Å². The molecule has 0 aliphatic carbocycles. The van der Waals surface area contributed by atoms with Crippen LogP contribution in [0.3, 0.4) is 0 Å². The van der Waals surface area contributed by atoms with Crippen LogP contribution in [0.2, 0.25) is 0 Å². The molecule has 0 saturated heterocycles. The highest BCUT2D eigenvalue weighted by Crippen LogP contribution is 2.22. The number of aryl methyl sites for hydroxylation is 1. The zero-order valence-corrected chi connectivity index (χ0v) is 14.6. The van der Waals surface area contributed by atoms with Crippen molar-refractivity contribution in [2.75, 3.05) is 13.7 Å². The van der Waals surface area contributed by atoms with Crippen LogP contribution < -0.4 is 4.74 Å². The second-order valence-corrected chi connectivity index (χ2v) is 6.08. The Balaban J connectivity index is 1.75. The molecule has 1 amide bonds. The summed E-state index contributed by atoms with van der Waals surface area (Å²) in [6, 6.07) is 15.7. The molecule has 4 nitrogen and oxygen atoms in total. The van der Waals surface area contributed by atoms with Gasteiger partial charge in [-0.1, -0.05) is 43.0 Å². The Morgan fingerprint density at radius 1 is 1.20 bits per heavy atom. The van der Waals surface area contributed by atoms with Gasteiger partial charge in [0, 0.05) is 37.7 Å². The molecule has 3 rings (SSSR count). The highest BCUT2D eigenvalue weighted by atomic mass is 16.5. The fourth-order valence-electron chi connectivity index (χ4n) is 2.91. The van der Waals surface area contributed by atoms with E-state index < -0.39 is 0 Å². The first-order chi connectivity index (χ1) is 12.1. The van der Waals surface area contributed by atoms with Gasteiger partial charge in [0.25, 0.3) is 5.91 Å². The second-order valence-electron chi connectivity index (χ2n) is 6.08. The number of hydrogen-bond acceptors (Lipinski definition) is 2. The molecule has 0 bridgehead atoms. The predicted octanol–water partition coefficient (Wildman–Crippen LogP) is 4.02. The topological polar surface area (TPSA) is 34.5 Å². The largest absolute Gasteiger partial charge is 0.490 e. The minimum Gasteiger partial charge on any atom is -0.490 e. The van der Waals surface area contributed by atoms with E-state index in [2.05, 4.69) is 6.58 Å². The van der Waals surface area contributed by atoms with Crippen molar-refractivity contribution in [2.24, 2.45) is 7.05 Å². The molecular formula is C21H22N2O2. The molecule has 4 heteroatoms. The first-order valence-corrected chi connectivity index (χ1v) is 8.22. The van der Waals surface area contributed by atoms with Gasteiger partial charge in [0.15, 0.2) is 0 Å². The van der Waals surface area contributed by atoms with Crippen LogP contribution in [0.1, 0.15) is 15.9 Å². The van der Waals surface area contributed by atoms with E-state index in [0.717, 1.165) is 27.8 Å². The number of rotatable bonds is 6. The van der Waals surface area contributed by atoms with Gasteiger partial charge in [-0.15, -0.1) is 0 Å². The van der Waals surface area contributed by atoms with Crippen molar-refractivity contribution >= 4 is 16.8 Å². The van der Waals surface area contributed by atoms with Crippen LogP contribution in [0.25, 0.3) is 10.9 Å². The van der Waals surface area contributed by atoms with E-state index in [9.17, 15) is 4.79 Å². The lowest BCUT2D eigenvalue weighted by Gasteiger charge is -2.17. The van der Waals surface area contributed by atoms with Crippen LogP contribution in [0, 0.1) is 0 Å². The zero-order valence-electron chi connectivity index (χ0n) is 14.6. The highest BCUT2D eigenvalue weighted by Gasteiger charge is 2.17. The van der Waals surface area contributed by atoms with E-state index in [4.69, 9.17) is 4.74 Å². The first-order valence-electron chi connectivity index (χ1n) is 8.22. The first kappa shape index (κ1) is 16.8. The van der Waals surface area contributed by atoms with Gasteiger partial charge in [-0.3, -0.25) is 4.79 Å². The number of ether oxygens (including phenoxy) is 1. The summed E-state index contributed by atoms with van der Waals surface area (Å²) in [4.78, 5) is 14.6. The molecule has 0 N–H and O–H groups in total. The monoisotopic (exact) mass is 334 g/mol. The van der Waals surface area contributed by atoms with Crippen molar-refractivity contribution in [1.29, 1.82) is 0 Å². The van der Waals surface area contributed by atoms with Gasteiger partial charge in [0.05, 0.1) is 5.56 Å². The number of amides is 1. The minimum absolute atomic E-state index is 0.0174. The summed E-state index contributed by atoms with van der Waals surface area (Å²) in [5, 5.41) is 0.982. The molecule has 0 aliphatic heterocycles. The summed E-state index contributed by atoms with van der Waals surface area (Å²) in [5.74, 6) is 0.815. The van der Waals surface area contributed by atoms with Crippen LogP contribution >= 0.6 is 0 Å². The summed E-state index contributed by atoms with van der Waals surface area (Å²) >= 11 is 0. The number of carbonyl (C=O) groups is 1. The minimum atomic E-state index is 0.0174. The van der Waals surface area contributed by atoms with E-state index in [1.54, 1.807) is 11.0 Å². The molecule has 128 valence electrons. The smallest absolute Gasteiger partial charge is 0.256 e. The van der Waals surface area contributed by atoms with Gasteiger partial charge in [-0.05, 0) is 23.8 Å². The quantitative estimate of drug-likeness (QED) is 0.638. The summed E-state index contributed by atoms with van der Waals surface area (Å²) in [7, 11) is 3.79. The van der Waals surface area contributed by atoms with Crippen LogP contribution in [-0.2, 0) is 13.6 Å². The lowest BCUT2D eigenvalue weighted by molar-refractivity contribution is 0.0787. The third-order valence-corrected chi connectivity index (χ3v) is 4.19. The number of para-hydroxylation sites is 1. The number of nitrogens with zero attached hydrogens (tertiary/aromatic N) is 2. The summed E-state index contributed by atoms with van der Waals surface area (Å²) < 4.78 is 7.47. The molecule has 0 atom stereocenters. The van der Waals surface area contributed by atoms with Crippen LogP contribution in [0.5, 0.6) is 5.75 Å². The molecule has 0 aliphatic rings. The number of hydrogen-bond donors (Lipinski definition) is 0. The molecule has 2 aromatic carbocycles. The molecule has 1 heterocycles. The molecule has 0 unspecified atom stereocenters. The van der Waals surface area contributed by atoms with E-state index in [1.807, 2.05) is 73.4 Å². The van der Waals surface area contributed by atoms with Gasteiger partial charge in [0.1, 0.15) is 12.4 Å². The SMILES string of the molecule is C=CCOc1ccc(CN(C)C(=O)c2cn(C)c3ccccc23)cc1. The number of carbonyl (C=O) groups excluding carboxylic acids is 1. The maximum absolute atomic E-state index is 12.9. The molecule has 3 aromatic rings. The Kier molecular flexibility index (Phi) is 4.89. The molecule has 25 heavy (non-hydrogen) atoms. The molecule has 0 saturated carbocycles. The molecule has 0 spiro atoms. The third kappa shape index (κ3) is 3.58. The maximum atomic E-state index is 12.9. The fourth-order valence-corrected chi connectivity index (χ4v) is 2.91. The standard InChI is InChI=1S/C21H22N2O2/c1-4-13-25-17-11-9-16(10-12-17)14-23(3)21(24)19-15-22(2)20-8-6-5-7-18(19)20/h4-12,15H,1,13-14H2,2-3H3. The highest BCUT2D eigenvalue weighted by molar-refractivity contribution is 6.06. The summed E-state index contributed by atoms with van der Waals surface area (Å²) in [6.07, 6.45) is 3.61. The lowest BCUT2D eigenvalue weighted by Crippen LogP contribution is -2.26. The van der Waals surface area contributed by atoms with E-state index in [0.29, 0.717) is 13.2 Å².